The molecule has 0 unspecified atom stereocenters. The summed E-state index contributed by atoms with van der Waals surface area (Å²) in [5.74, 6) is -0.882. The van der Waals surface area contributed by atoms with Crippen molar-refractivity contribution < 1.29 is 23.8 Å². The van der Waals surface area contributed by atoms with Gasteiger partial charge in [0.2, 0.25) is 5.91 Å². The standard InChI is InChI=1S/C20H26FNO4/c21-17-5-1-4-16(13-17)20(8-11-26-12-9-20)19(25)22-10-2-3-15(14-22)6-7-18(23)24/h1,4-5,13,15H,2-3,6-12,14H2,(H,23,24)/t15-/m1/s1. The average molecular weight is 363 g/mol. The lowest BCUT2D eigenvalue weighted by atomic mass is 9.72. The smallest absolute Gasteiger partial charge is 0.303 e. The van der Waals surface area contributed by atoms with E-state index in [9.17, 15) is 14.0 Å². The van der Waals surface area contributed by atoms with Crippen LogP contribution >= 0.6 is 0 Å². The van der Waals surface area contributed by atoms with Crippen LogP contribution in [0, 0.1) is 11.7 Å². The van der Waals surface area contributed by atoms with E-state index >= 15 is 0 Å². The number of halogens is 1. The summed E-state index contributed by atoms with van der Waals surface area (Å²) in [7, 11) is 0. The minimum absolute atomic E-state index is 0.0337. The van der Waals surface area contributed by atoms with Gasteiger partial charge in [-0.3, -0.25) is 9.59 Å². The van der Waals surface area contributed by atoms with Crippen molar-refractivity contribution >= 4 is 11.9 Å². The van der Waals surface area contributed by atoms with E-state index in [1.807, 2.05) is 11.0 Å². The summed E-state index contributed by atoms with van der Waals surface area (Å²) in [4.78, 5) is 26.2. The van der Waals surface area contributed by atoms with E-state index in [2.05, 4.69) is 0 Å². The number of ether oxygens (including phenoxy) is 1. The zero-order valence-corrected chi connectivity index (χ0v) is 15.0. The first kappa shape index (κ1) is 18.8. The number of carboxylic acids is 1. The summed E-state index contributed by atoms with van der Waals surface area (Å²) >= 11 is 0. The summed E-state index contributed by atoms with van der Waals surface area (Å²) in [5.41, 5.74) is -0.0202. The zero-order chi connectivity index (χ0) is 18.6. The van der Waals surface area contributed by atoms with Gasteiger partial charge in [0.15, 0.2) is 0 Å². The Kier molecular flexibility index (Phi) is 5.91. The van der Waals surface area contributed by atoms with Crippen LogP contribution in [-0.4, -0.2) is 48.2 Å². The first-order valence-corrected chi connectivity index (χ1v) is 9.36. The maximum Gasteiger partial charge on any atom is 0.303 e. The third-order valence-corrected chi connectivity index (χ3v) is 5.71. The average Bonchev–Trinajstić information content (AvgIpc) is 2.66. The normalized spacial score (nSPS) is 22.8. The van der Waals surface area contributed by atoms with Crippen LogP contribution in [-0.2, 0) is 19.7 Å². The van der Waals surface area contributed by atoms with Gasteiger partial charge < -0.3 is 14.7 Å². The van der Waals surface area contributed by atoms with Crippen molar-refractivity contribution in [2.24, 2.45) is 5.92 Å². The van der Waals surface area contributed by atoms with Crippen molar-refractivity contribution in [2.75, 3.05) is 26.3 Å². The number of amides is 1. The quantitative estimate of drug-likeness (QED) is 0.873. The van der Waals surface area contributed by atoms with Gasteiger partial charge in [0.25, 0.3) is 0 Å². The highest BCUT2D eigenvalue weighted by Crippen LogP contribution is 2.38. The van der Waals surface area contributed by atoms with Crippen LogP contribution < -0.4 is 0 Å². The predicted molar refractivity (Wildman–Crippen MR) is 94.3 cm³/mol. The van der Waals surface area contributed by atoms with E-state index in [0.717, 1.165) is 18.4 Å². The fraction of sp³-hybridized carbons (Fsp3) is 0.600. The molecule has 5 nitrogen and oxygen atoms in total. The van der Waals surface area contributed by atoms with E-state index in [4.69, 9.17) is 9.84 Å². The molecule has 1 aromatic rings. The fourth-order valence-electron chi connectivity index (χ4n) is 4.25. The van der Waals surface area contributed by atoms with Crippen LogP contribution in [0.25, 0.3) is 0 Å². The van der Waals surface area contributed by atoms with E-state index in [0.29, 0.717) is 45.6 Å². The Morgan fingerprint density at radius 1 is 1.31 bits per heavy atom. The summed E-state index contributed by atoms with van der Waals surface area (Å²) in [6.07, 6.45) is 3.65. The molecule has 2 saturated heterocycles. The molecule has 0 saturated carbocycles. The van der Waals surface area contributed by atoms with E-state index < -0.39 is 11.4 Å². The maximum absolute atomic E-state index is 13.8. The largest absolute Gasteiger partial charge is 0.481 e. The molecule has 3 rings (SSSR count). The number of nitrogens with zero attached hydrogens (tertiary/aromatic N) is 1. The molecule has 0 spiro atoms. The maximum atomic E-state index is 13.8. The lowest BCUT2D eigenvalue weighted by Crippen LogP contribution is -2.52. The molecule has 1 amide bonds. The van der Waals surface area contributed by atoms with Crippen molar-refractivity contribution in [3.05, 3.63) is 35.6 Å². The molecule has 2 heterocycles. The number of benzene rings is 1. The lowest BCUT2D eigenvalue weighted by Gasteiger charge is -2.42. The Bertz CT molecular complexity index is 657. The summed E-state index contributed by atoms with van der Waals surface area (Å²) < 4.78 is 19.3. The minimum atomic E-state index is -0.797. The number of carbonyl (C=O) groups is 2. The monoisotopic (exact) mass is 363 g/mol. The fourth-order valence-corrected chi connectivity index (χ4v) is 4.25. The number of carboxylic acid groups (broad SMARTS) is 1. The Morgan fingerprint density at radius 3 is 2.77 bits per heavy atom. The van der Waals surface area contributed by atoms with Gasteiger partial charge in [-0.2, -0.15) is 0 Å². The molecule has 0 bridgehead atoms. The first-order chi connectivity index (χ1) is 12.5. The number of rotatable bonds is 5. The molecule has 1 atom stereocenters. The SMILES string of the molecule is O=C(O)CC[C@H]1CCCN(C(=O)C2(c3cccc(F)c3)CCOCC2)C1. The molecular weight excluding hydrogens is 337 g/mol. The van der Waals surface area contributed by atoms with Gasteiger partial charge in [0.05, 0.1) is 5.41 Å². The van der Waals surface area contributed by atoms with Crippen molar-refractivity contribution in [3.63, 3.8) is 0 Å². The molecule has 142 valence electrons. The highest BCUT2D eigenvalue weighted by atomic mass is 19.1. The van der Waals surface area contributed by atoms with Crippen molar-refractivity contribution in [1.29, 1.82) is 0 Å². The second-order valence-electron chi connectivity index (χ2n) is 7.40. The third-order valence-electron chi connectivity index (χ3n) is 5.71. The van der Waals surface area contributed by atoms with Crippen molar-refractivity contribution in [2.45, 2.75) is 43.9 Å². The Balaban J connectivity index is 1.80. The summed E-state index contributed by atoms with van der Waals surface area (Å²) in [6, 6.07) is 6.35. The molecule has 1 aromatic carbocycles. The molecule has 0 aromatic heterocycles. The third kappa shape index (κ3) is 4.06. The number of hydrogen-bond donors (Lipinski definition) is 1. The zero-order valence-electron chi connectivity index (χ0n) is 15.0. The van der Waals surface area contributed by atoms with Gasteiger partial charge in [-0.25, -0.2) is 4.39 Å². The number of piperidine rings is 1. The van der Waals surface area contributed by atoms with Gasteiger partial charge in [0, 0.05) is 32.7 Å². The van der Waals surface area contributed by atoms with Crippen molar-refractivity contribution in [1.82, 2.24) is 4.90 Å². The van der Waals surface area contributed by atoms with Gasteiger partial charge >= 0.3 is 5.97 Å². The Labute approximate surface area is 153 Å². The molecule has 1 N–H and O–H groups in total. The molecule has 0 aliphatic carbocycles. The van der Waals surface area contributed by atoms with Crippen LogP contribution in [0.2, 0.25) is 0 Å². The number of hydrogen-bond acceptors (Lipinski definition) is 3. The lowest BCUT2D eigenvalue weighted by molar-refractivity contribution is -0.143. The van der Waals surface area contributed by atoms with Gasteiger partial charge in [-0.1, -0.05) is 12.1 Å². The Morgan fingerprint density at radius 2 is 2.08 bits per heavy atom. The topological polar surface area (TPSA) is 66.8 Å². The van der Waals surface area contributed by atoms with Gasteiger partial charge in [-0.05, 0) is 55.7 Å². The molecule has 26 heavy (non-hydrogen) atoms. The van der Waals surface area contributed by atoms with E-state index in [1.54, 1.807) is 6.07 Å². The summed E-state index contributed by atoms with van der Waals surface area (Å²) in [6.45, 7) is 2.24. The van der Waals surface area contributed by atoms with Crippen LogP contribution in [0.15, 0.2) is 24.3 Å². The molecule has 2 aliphatic rings. The van der Waals surface area contributed by atoms with Gasteiger partial charge in [-0.15, -0.1) is 0 Å². The van der Waals surface area contributed by atoms with Crippen LogP contribution in [0.1, 0.15) is 44.1 Å². The first-order valence-electron chi connectivity index (χ1n) is 9.36. The highest BCUT2D eigenvalue weighted by Gasteiger charge is 2.45. The number of aliphatic carboxylic acids is 1. The summed E-state index contributed by atoms with van der Waals surface area (Å²) in [5, 5.41) is 8.91. The van der Waals surface area contributed by atoms with Crippen LogP contribution in [0.3, 0.4) is 0 Å². The second-order valence-corrected chi connectivity index (χ2v) is 7.40. The van der Waals surface area contributed by atoms with Crippen LogP contribution in [0.4, 0.5) is 4.39 Å². The van der Waals surface area contributed by atoms with Gasteiger partial charge in [0.1, 0.15) is 5.82 Å². The molecule has 2 aliphatic heterocycles. The Hall–Kier alpha value is -1.95. The number of carbonyl (C=O) groups excluding carboxylic acids is 1. The predicted octanol–water partition coefficient (Wildman–Crippen LogP) is 2.98. The molecular formula is C20H26FNO4. The van der Waals surface area contributed by atoms with E-state index in [1.165, 1.54) is 12.1 Å². The van der Waals surface area contributed by atoms with E-state index in [-0.39, 0.29) is 24.1 Å². The van der Waals surface area contributed by atoms with Crippen molar-refractivity contribution in [3.8, 4) is 0 Å². The molecule has 0 radical (unpaired) electrons. The van der Waals surface area contributed by atoms with Crippen LogP contribution in [0.5, 0.6) is 0 Å². The second kappa shape index (κ2) is 8.16. The molecule has 2 fully saturated rings. The molecule has 6 heteroatoms. The highest BCUT2D eigenvalue weighted by molar-refractivity contribution is 5.88. The minimum Gasteiger partial charge on any atom is -0.481 e. The number of likely N-dealkylation sites (tertiary alicyclic amines) is 1.